The van der Waals surface area contributed by atoms with E-state index in [1.165, 1.54) is 18.1 Å². The van der Waals surface area contributed by atoms with E-state index in [-0.39, 0.29) is 17.2 Å². The van der Waals surface area contributed by atoms with Crippen molar-refractivity contribution >= 4 is 9.84 Å². The van der Waals surface area contributed by atoms with Gasteiger partial charge in [-0.2, -0.15) is 0 Å². The zero-order chi connectivity index (χ0) is 16.6. The maximum atomic E-state index is 13.9. The summed E-state index contributed by atoms with van der Waals surface area (Å²) < 4.78 is 52.3. The van der Waals surface area contributed by atoms with Gasteiger partial charge in [0.15, 0.2) is 9.84 Å². The lowest BCUT2D eigenvalue weighted by atomic mass is 9.99. The summed E-state index contributed by atoms with van der Waals surface area (Å²) in [7, 11) is -3.84. The molecular weight excluding hydrogens is 318 g/mol. The Morgan fingerprint density at radius 1 is 1.13 bits per heavy atom. The Kier molecular flexibility index (Phi) is 4.23. The quantitative estimate of drug-likeness (QED) is 0.840. The fourth-order valence-electron chi connectivity index (χ4n) is 3.22. The lowest BCUT2D eigenvalue weighted by Gasteiger charge is -2.12. The highest BCUT2D eigenvalue weighted by Gasteiger charge is 2.26. The first kappa shape index (κ1) is 16.1. The van der Waals surface area contributed by atoms with E-state index >= 15 is 0 Å². The average Bonchev–Trinajstić information content (AvgIpc) is 2.92. The third kappa shape index (κ3) is 3.15. The van der Waals surface area contributed by atoms with E-state index in [9.17, 15) is 17.2 Å². The molecule has 0 amide bonds. The highest BCUT2D eigenvalue weighted by Crippen LogP contribution is 2.36. The summed E-state index contributed by atoms with van der Waals surface area (Å²) in [5.74, 6) is -1.59. The minimum atomic E-state index is -3.84. The zero-order valence-electron chi connectivity index (χ0n) is 12.9. The molecule has 1 aliphatic carbocycles. The van der Waals surface area contributed by atoms with Crippen molar-refractivity contribution in [2.24, 2.45) is 0 Å². The van der Waals surface area contributed by atoms with Gasteiger partial charge < -0.3 is 0 Å². The Labute approximate surface area is 135 Å². The molecule has 23 heavy (non-hydrogen) atoms. The van der Waals surface area contributed by atoms with E-state index in [4.69, 9.17) is 0 Å². The Hall–Kier alpha value is -1.75. The summed E-state index contributed by atoms with van der Waals surface area (Å²) in [6, 6.07) is 9.73. The third-order valence-electron chi connectivity index (χ3n) is 4.54. The first-order valence-electron chi connectivity index (χ1n) is 7.64. The van der Waals surface area contributed by atoms with Crippen molar-refractivity contribution in [3.8, 4) is 0 Å². The second-order valence-corrected chi connectivity index (χ2v) is 8.15. The zero-order valence-corrected chi connectivity index (χ0v) is 13.7. The summed E-state index contributed by atoms with van der Waals surface area (Å²) in [6.45, 7) is 1.41. The van der Waals surface area contributed by atoms with E-state index < -0.39 is 26.4 Å². The van der Waals surface area contributed by atoms with Crippen LogP contribution in [0.5, 0.6) is 0 Å². The largest absolute Gasteiger partial charge is 0.224 e. The second-order valence-electron chi connectivity index (χ2n) is 6.07. The predicted molar refractivity (Wildman–Crippen MR) is 85.3 cm³/mol. The first-order valence-corrected chi connectivity index (χ1v) is 9.30. The molecule has 0 bridgehead atoms. The van der Waals surface area contributed by atoms with Crippen LogP contribution in [0.15, 0.2) is 41.3 Å². The van der Waals surface area contributed by atoms with Crippen LogP contribution in [-0.2, 0) is 16.3 Å². The van der Waals surface area contributed by atoms with Gasteiger partial charge in [0.25, 0.3) is 0 Å². The molecule has 0 heterocycles. The minimum Gasteiger partial charge on any atom is -0.224 e. The molecule has 0 aromatic heterocycles. The number of benzene rings is 2. The molecule has 0 spiro atoms. The van der Waals surface area contributed by atoms with Crippen LogP contribution < -0.4 is 0 Å². The van der Waals surface area contributed by atoms with Crippen molar-refractivity contribution < 1.29 is 17.2 Å². The number of sulfone groups is 1. The summed E-state index contributed by atoms with van der Waals surface area (Å²) in [5, 5.41) is 0. The molecule has 1 atom stereocenters. The monoisotopic (exact) mass is 336 g/mol. The van der Waals surface area contributed by atoms with Crippen LogP contribution in [0.1, 0.15) is 35.4 Å². The molecule has 122 valence electrons. The van der Waals surface area contributed by atoms with Crippen molar-refractivity contribution in [2.75, 3.05) is 5.75 Å². The molecule has 0 radical (unpaired) electrons. The minimum absolute atomic E-state index is 0.103. The molecule has 0 N–H and O–H groups in total. The molecule has 2 aromatic rings. The molecule has 0 saturated carbocycles. The SMILES string of the molecule is Cc1cc(F)c(S(=O)(=O)CCC2CCc3ccccc32)cc1F. The van der Waals surface area contributed by atoms with Crippen LogP contribution in [0, 0.1) is 18.6 Å². The van der Waals surface area contributed by atoms with Crippen LogP contribution in [-0.4, -0.2) is 14.2 Å². The van der Waals surface area contributed by atoms with E-state index in [1.807, 2.05) is 18.2 Å². The summed E-state index contributed by atoms with van der Waals surface area (Å²) in [5.41, 5.74) is 2.53. The number of rotatable bonds is 4. The molecular formula is C18H18F2O2S. The first-order chi connectivity index (χ1) is 10.9. The van der Waals surface area contributed by atoms with Gasteiger partial charge in [-0.1, -0.05) is 24.3 Å². The Morgan fingerprint density at radius 3 is 2.65 bits per heavy atom. The van der Waals surface area contributed by atoms with Crippen LogP contribution in [0.4, 0.5) is 8.78 Å². The lowest BCUT2D eigenvalue weighted by Crippen LogP contribution is -2.12. The third-order valence-corrected chi connectivity index (χ3v) is 6.30. The van der Waals surface area contributed by atoms with E-state index in [0.717, 1.165) is 25.0 Å². The topological polar surface area (TPSA) is 34.1 Å². The maximum Gasteiger partial charge on any atom is 0.181 e. The molecule has 0 saturated heterocycles. The Bertz CT molecular complexity index is 844. The van der Waals surface area contributed by atoms with Crippen molar-refractivity contribution in [1.29, 1.82) is 0 Å². The van der Waals surface area contributed by atoms with Gasteiger partial charge >= 0.3 is 0 Å². The standard InChI is InChI=1S/C18H18F2O2S/c1-12-10-17(20)18(11-16(12)19)23(21,22)9-8-14-7-6-13-4-2-3-5-15(13)14/h2-5,10-11,14H,6-9H2,1H3. The second kappa shape index (κ2) is 6.04. The average molecular weight is 336 g/mol. The van der Waals surface area contributed by atoms with Crippen molar-refractivity contribution in [2.45, 2.75) is 37.0 Å². The van der Waals surface area contributed by atoms with Gasteiger partial charge in [0, 0.05) is 0 Å². The van der Waals surface area contributed by atoms with Gasteiger partial charge in [-0.05, 0) is 60.9 Å². The molecule has 1 unspecified atom stereocenters. The van der Waals surface area contributed by atoms with Crippen LogP contribution in [0.2, 0.25) is 0 Å². The molecule has 2 aromatic carbocycles. The maximum absolute atomic E-state index is 13.9. The van der Waals surface area contributed by atoms with Crippen molar-refractivity contribution in [3.63, 3.8) is 0 Å². The normalized spacial score (nSPS) is 17.3. The summed E-state index contributed by atoms with van der Waals surface area (Å²) in [4.78, 5) is -0.535. The van der Waals surface area contributed by atoms with Gasteiger partial charge in [0.05, 0.1) is 5.75 Å². The number of aryl methyl sites for hydroxylation is 2. The molecule has 3 rings (SSSR count). The Balaban J connectivity index is 1.79. The molecule has 0 aliphatic heterocycles. The number of hydrogen-bond acceptors (Lipinski definition) is 2. The van der Waals surface area contributed by atoms with E-state index in [2.05, 4.69) is 6.07 Å². The van der Waals surface area contributed by atoms with Crippen LogP contribution >= 0.6 is 0 Å². The van der Waals surface area contributed by atoms with E-state index in [0.29, 0.717) is 6.42 Å². The van der Waals surface area contributed by atoms with Gasteiger partial charge in [0.2, 0.25) is 0 Å². The van der Waals surface area contributed by atoms with E-state index in [1.54, 1.807) is 0 Å². The fourth-order valence-corrected chi connectivity index (χ4v) is 4.67. The molecule has 1 aliphatic rings. The molecule has 2 nitrogen and oxygen atoms in total. The van der Waals surface area contributed by atoms with Gasteiger partial charge in [0.1, 0.15) is 16.5 Å². The van der Waals surface area contributed by atoms with Gasteiger partial charge in [-0.15, -0.1) is 0 Å². The summed E-state index contributed by atoms with van der Waals surface area (Å²) >= 11 is 0. The molecule has 5 heteroatoms. The predicted octanol–water partition coefficient (Wildman–Crippen LogP) is 4.17. The number of hydrogen-bond donors (Lipinski definition) is 0. The summed E-state index contributed by atoms with van der Waals surface area (Å²) in [6.07, 6.45) is 2.27. The smallest absolute Gasteiger partial charge is 0.181 e. The van der Waals surface area contributed by atoms with Crippen LogP contribution in [0.3, 0.4) is 0 Å². The van der Waals surface area contributed by atoms with Gasteiger partial charge in [-0.3, -0.25) is 0 Å². The van der Waals surface area contributed by atoms with Gasteiger partial charge in [-0.25, -0.2) is 17.2 Å². The Morgan fingerprint density at radius 2 is 1.87 bits per heavy atom. The lowest BCUT2D eigenvalue weighted by molar-refractivity contribution is 0.545. The van der Waals surface area contributed by atoms with Crippen molar-refractivity contribution in [1.82, 2.24) is 0 Å². The highest BCUT2D eigenvalue weighted by molar-refractivity contribution is 7.91. The van der Waals surface area contributed by atoms with Crippen LogP contribution in [0.25, 0.3) is 0 Å². The number of fused-ring (bicyclic) bond motifs is 1. The number of halogens is 2. The molecule has 0 fully saturated rings. The van der Waals surface area contributed by atoms with Crippen molar-refractivity contribution in [3.05, 3.63) is 64.7 Å². The highest BCUT2D eigenvalue weighted by atomic mass is 32.2. The fraction of sp³-hybridized carbons (Fsp3) is 0.333.